The molecule has 0 saturated heterocycles. The van der Waals surface area contributed by atoms with Crippen molar-refractivity contribution in [1.82, 2.24) is 14.9 Å². The molecule has 1 heterocycles. The van der Waals surface area contributed by atoms with Gasteiger partial charge in [-0.1, -0.05) is 18.5 Å². The fourth-order valence-corrected chi connectivity index (χ4v) is 1.82. The molecule has 0 aliphatic rings. The lowest BCUT2D eigenvalue weighted by molar-refractivity contribution is 0.409. The van der Waals surface area contributed by atoms with Crippen LogP contribution >= 0.6 is 11.6 Å². The molecular formula is C11H18ClN3. The summed E-state index contributed by atoms with van der Waals surface area (Å²) in [5, 5.41) is 0.610. The van der Waals surface area contributed by atoms with Gasteiger partial charge in [-0.15, -0.1) is 0 Å². The van der Waals surface area contributed by atoms with Crippen molar-refractivity contribution in [3.05, 3.63) is 22.2 Å². The molecule has 4 heteroatoms. The summed E-state index contributed by atoms with van der Waals surface area (Å²) in [7, 11) is 4.07. The lowest BCUT2D eigenvalue weighted by Crippen LogP contribution is -2.17. The number of halogens is 1. The summed E-state index contributed by atoms with van der Waals surface area (Å²) >= 11 is 6.09. The van der Waals surface area contributed by atoms with E-state index in [1.54, 1.807) is 0 Å². The van der Waals surface area contributed by atoms with Crippen LogP contribution in [0.2, 0.25) is 5.15 Å². The van der Waals surface area contributed by atoms with Crippen molar-refractivity contribution in [1.29, 1.82) is 0 Å². The molecule has 0 aliphatic heterocycles. The molecule has 0 aliphatic carbocycles. The zero-order valence-corrected chi connectivity index (χ0v) is 10.6. The zero-order valence-electron chi connectivity index (χ0n) is 9.84. The van der Waals surface area contributed by atoms with Gasteiger partial charge in [0, 0.05) is 24.2 Å². The Labute approximate surface area is 96.5 Å². The van der Waals surface area contributed by atoms with E-state index >= 15 is 0 Å². The Balaban J connectivity index is 2.84. The number of rotatable bonds is 4. The van der Waals surface area contributed by atoms with Gasteiger partial charge in [0.1, 0.15) is 11.0 Å². The van der Waals surface area contributed by atoms with Crippen LogP contribution in [0.5, 0.6) is 0 Å². The van der Waals surface area contributed by atoms with Crippen LogP contribution in [-0.4, -0.2) is 35.5 Å². The van der Waals surface area contributed by atoms with Crippen molar-refractivity contribution >= 4 is 11.6 Å². The first-order valence-electron chi connectivity index (χ1n) is 5.21. The van der Waals surface area contributed by atoms with Gasteiger partial charge < -0.3 is 4.90 Å². The second-order valence-corrected chi connectivity index (χ2v) is 4.26. The Morgan fingerprint density at radius 1 is 1.27 bits per heavy atom. The van der Waals surface area contributed by atoms with Crippen molar-refractivity contribution in [2.45, 2.75) is 26.7 Å². The molecule has 0 spiro atoms. The largest absolute Gasteiger partial charge is 0.309 e. The molecule has 1 rings (SSSR count). The van der Waals surface area contributed by atoms with E-state index in [0.29, 0.717) is 5.15 Å². The molecule has 0 atom stereocenters. The lowest BCUT2D eigenvalue weighted by atomic mass is 10.2. The van der Waals surface area contributed by atoms with E-state index < -0.39 is 0 Å². The van der Waals surface area contributed by atoms with E-state index in [0.717, 1.165) is 36.5 Å². The Kier molecular flexibility index (Phi) is 4.48. The van der Waals surface area contributed by atoms with E-state index in [1.807, 2.05) is 21.0 Å². The molecule has 0 N–H and O–H groups in total. The van der Waals surface area contributed by atoms with Crippen molar-refractivity contribution < 1.29 is 0 Å². The number of aromatic nitrogens is 2. The van der Waals surface area contributed by atoms with E-state index in [9.17, 15) is 0 Å². The van der Waals surface area contributed by atoms with Gasteiger partial charge in [-0.3, -0.25) is 0 Å². The molecular weight excluding hydrogens is 210 g/mol. The van der Waals surface area contributed by atoms with Gasteiger partial charge in [-0.2, -0.15) is 0 Å². The highest BCUT2D eigenvalue weighted by atomic mass is 35.5. The highest BCUT2D eigenvalue weighted by Gasteiger charge is 2.08. The third-order valence-electron chi connectivity index (χ3n) is 2.35. The number of likely N-dealkylation sites (N-methyl/N-ethyl adjacent to an activating group) is 1. The molecule has 0 aromatic carbocycles. The van der Waals surface area contributed by atoms with Gasteiger partial charge in [0.25, 0.3) is 0 Å². The minimum atomic E-state index is 0.610. The molecule has 1 aromatic rings. The number of aryl methyl sites for hydroxylation is 1. The van der Waals surface area contributed by atoms with Crippen LogP contribution in [0.1, 0.15) is 24.0 Å². The molecule has 1 aromatic heterocycles. The summed E-state index contributed by atoms with van der Waals surface area (Å²) in [4.78, 5) is 10.9. The summed E-state index contributed by atoms with van der Waals surface area (Å²) < 4.78 is 0. The highest BCUT2D eigenvalue weighted by Crippen LogP contribution is 2.16. The SMILES string of the molecule is CCc1c(C)nc(CCN(C)C)nc1Cl. The van der Waals surface area contributed by atoms with E-state index in [-0.39, 0.29) is 0 Å². The maximum absolute atomic E-state index is 6.09. The van der Waals surface area contributed by atoms with Crippen LogP contribution < -0.4 is 0 Å². The van der Waals surface area contributed by atoms with Crippen LogP contribution in [-0.2, 0) is 12.8 Å². The first-order valence-corrected chi connectivity index (χ1v) is 5.59. The van der Waals surface area contributed by atoms with Crippen molar-refractivity contribution in [3.8, 4) is 0 Å². The molecule has 0 fully saturated rings. The van der Waals surface area contributed by atoms with Crippen LogP contribution in [0.3, 0.4) is 0 Å². The quantitative estimate of drug-likeness (QED) is 0.738. The predicted molar refractivity (Wildman–Crippen MR) is 63.4 cm³/mol. The Morgan fingerprint density at radius 2 is 1.93 bits per heavy atom. The van der Waals surface area contributed by atoms with E-state index in [4.69, 9.17) is 11.6 Å². The average molecular weight is 228 g/mol. The lowest BCUT2D eigenvalue weighted by Gasteiger charge is -2.10. The molecule has 84 valence electrons. The van der Waals surface area contributed by atoms with Crippen molar-refractivity contribution in [3.63, 3.8) is 0 Å². The van der Waals surface area contributed by atoms with Crippen LogP contribution in [0, 0.1) is 6.92 Å². The number of hydrogen-bond donors (Lipinski definition) is 0. The average Bonchev–Trinajstić information content (AvgIpc) is 2.14. The summed E-state index contributed by atoms with van der Waals surface area (Å²) in [5.74, 6) is 0.836. The van der Waals surface area contributed by atoms with Gasteiger partial charge >= 0.3 is 0 Å². The summed E-state index contributed by atoms with van der Waals surface area (Å²) in [6, 6.07) is 0. The predicted octanol–water partition coefficient (Wildman–Crippen LogP) is 2.10. The molecule has 0 saturated carbocycles. The smallest absolute Gasteiger partial charge is 0.136 e. The molecule has 3 nitrogen and oxygen atoms in total. The topological polar surface area (TPSA) is 29.0 Å². The summed E-state index contributed by atoms with van der Waals surface area (Å²) in [6.07, 6.45) is 1.73. The first-order chi connectivity index (χ1) is 7.04. The maximum atomic E-state index is 6.09. The van der Waals surface area contributed by atoms with Crippen molar-refractivity contribution in [2.75, 3.05) is 20.6 Å². The van der Waals surface area contributed by atoms with Gasteiger partial charge in [-0.05, 0) is 27.4 Å². The third kappa shape index (κ3) is 3.43. The Hall–Kier alpha value is -0.670. The molecule has 0 bridgehead atoms. The number of nitrogens with zero attached hydrogens (tertiary/aromatic N) is 3. The Morgan fingerprint density at radius 3 is 2.40 bits per heavy atom. The van der Waals surface area contributed by atoms with Crippen molar-refractivity contribution in [2.24, 2.45) is 0 Å². The second-order valence-electron chi connectivity index (χ2n) is 3.90. The fraction of sp³-hybridized carbons (Fsp3) is 0.636. The zero-order chi connectivity index (χ0) is 11.4. The fourth-order valence-electron chi connectivity index (χ4n) is 1.45. The van der Waals surface area contributed by atoms with Crippen LogP contribution in [0.25, 0.3) is 0 Å². The van der Waals surface area contributed by atoms with Gasteiger partial charge in [0.2, 0.25) is 0 Å². The molecule has 0 amide bonds. The highest BCUT2D eigenvalue weighted by molar-refractivity contribution is 6.30. The standard InChI is InChI=1S/C11H18ClN3/c1-5-9-8(2)13-10(14-11(9)12)6-7-15(3)4/h5-7H2,1-4H3. The van der Waals surface area contributed by atoms with Crippen LogP contribution in [0.4, 0.5) is 0 Å². The Bertz CT molecular complexity index is 314. The van der Waals surface area contributed by atoms with E-state index in [2.05, 4.69) is 21.8 Å². The van der Waals surface area contributed by atoms with Gasteiger partial charge in [0.15, 0.2) is 0 Å². The van der Waals surface area contributed by atoms with Gasteiger partial charge in [0.05, 0.1) is 0 Å². The maximum Gasteiger partial charge on any atom is 0.136 e. The third-order valence-corrected chi connectivity index (χ3v) is 2.66. The normalized spacial score (nSPS) is 11.1. The molecule has 0 unspecified atom stereocenters. The van der Waals surface area contributed by atoms with Gasteiger partial charge in [-0.25, -0.2) is 9.97 Å². The first kappa shape index (κ1) is 12.4. The second kappa shape index (κ2) is 5.42. The summed E-state index contributed by atoms with van der Waals surface area (Å²) in [6.45, 7) is 5.00. The van der Waals surface area contributed by atoms with E-state index in [1.165, 1.54) is 0 Å². The molecule has 0 radical (unpaired) electrons. The van der Waals surface area contributed by atoms with Crippen LogP contribution in [0.15, 0.2) is 0 Å². The monoisotopic (exact) mass is 227 g/mol. The summed E-state index contributed by atoms with van der Waals surface area (Å²) in [5.41, 5.74) is 2.07. The number of hydrogen-bond acceptors (Lipinski definition) is 3. The molecule has 15 heavy (non-hydrogen) atoms. The minimum absolute atomic E-state index is 0.610. The minimum Gasteiger partial charge on any atom is -0.309 e.